The number of aliphatic imine (C=N–C) groups is 1. The zero-order valence-corrected chi connectivity index (χ0v) is 17.5. The highest BCUT2D eigenvalue weighted by atomic mass is 32.1. The Hall–Kier alpha value is -2.86. The van der Waals surface area contributed by atoms with Crippen molar-refractivity contribution >= 4 is 34.1 Å². The van der Waals surface area contributed by atoms with Crippen molar-refractivity contribution in [2.24, 2.45) is 4.99 Å². The first-order chi connectivity index (χ1) is 14.1. The first kappa shape index (κ1) is 19.5. The molecule has 1 N–H and O–H groups in total. The van der Waals surface area contributed by atoms with E-state index in [1.165, 1.54) is 11.3 Å². The molecule has 0 spiro atoms. The summed E-state index contributed by atoms with van der Waals surface area (Å²) in [5.74, 6) is 2.17. The third kappa shape index (κ3) is 4.43. The number of furan rings is 1. The van der Waals surface area contributed by atoms with Crippen LogP contribution in [0.3, 0.4) is 0 Å². The van der Waals surface area contributed by atoms with E-state index in [9.17, 15) is 4.79 Å². The van der Waals surface area contributed by atoms with Crippen LogP contribution in [0.25, 0.3) is 0 Å². The van der Waals surface area contributed by atoms with E-state index in [-0.39, 0.29) is 5.91 Å². The summed E-state index contributed by atoms with van der Waals surface area (Å²) in [6.07, 6.45) is 7.10. The van der Waals surface area contributed by atoms with Gasteiger partial charge in [0, 0.05) is 10.6 Å². The third-order valence-electron chi connectivity index (χ3n) is 5.05. The van der Waals surface area contributed by atoms with Gasteiger partial charge in [0.25, 0.3) is 5.91 Å². The number of nitrogens with zero attached hydrogens (tertiary/aromatic N) is 1. The van der Waals surface area contributed by atoms with Crippen LogP contribution in [0.2, 0.25) is 0 Å². The van der Waals surface area contributed by atoms with Gasteiger partial charge in [0.2, 0.25) is 0 Å². The Balaban J connectivity index is 1.66. The Kier molecular flexibility index (Phi) is 5.81. The van der Waals surface area contributed by atoms with Crippen LogP contribution in [-0.4, -0.2) is 19.2 Å². The van der Waals surface area contributed by atoms with Crippen molar-refractivity contribution in [1.29, 1.82) is 0 Å². The highest BCUT2D eigenvalue weighted by molar-refractivity contribution is 7.16. The second-order valence-corrected chi connectivity index (χ2v) is 8.22. The van der Waals surface area contributed by atoms with E-state index in [1.54, 1.807) is 24.7 Å². The lowest BCUT2D eigenvalue weighted by Gasteiger charge is -2.08. The minimum absolute atomic E-state index is 0.114. The van der Waals surface area contributed by atoms with Gasteiger partial charge in [0.1, 0.15) is 22.3 Å². The number of hydrogen-bond acceptors (Lipinski definition) is 5. The quantitative estimate of drug-likeness (QED) is 0.420. The molecule has 0 fully saturated rings. The van der Waals surface area contributed by atoms with Crippen molar-refractivity contribution < 1.29 is 13.9 Å². The van der Waals surface area contributed by atoms with Crippen LogP contribution in [0.5, 0.6) is 5.75 Å². The molecular formula is C23H24N2O3S. The topological polar surface area (TPSA) is 63.8 Å². The van der Waals surface area contributed by atoms with Crippen LogP contribution in [-0.2, 0) is 12.8 Å². The summed E-state index contributed by atoms with van der Waals surface area (Å²) in [5, 5.41) is 3.77. The van der Waals surface area contributed by atoms with Gasteiger partial charge in [-0.25, -0.2) is 4.99 Å². The maximum absolute atomic E-state index is 13.2. The number of aryl methyl sites for hydroxylation is 2. The number of ether oxygens (including phenoxy) is 1. The van der Waals surface area contributed by atoms with Crippen molar-refractivity contribution in [3.63, 3.8) is 0 Å². The first-order valence-electron chi connectivity index (χ1n) is 9.84. The monoisotopic (exact) mass is 408 g/mol. The minimum Gasteiger partial charge on any atom is -0.497 e. The number of amides is 1. The lowest BCUT2D eigenvalue weighted by atomic mass is 10.0. The predicted molar refractivity (Wildman–Crippen MR) is 117 cm³/mol. The van der Waals surface area contributed by atoms with Crippen molar-refractivity contribution in [1.82, 2.24) is 0 Å². The number of hydrogen-bond donors (Lipinski definition) is 1. The Labute approximate surface area is 174 Å². The zero-order chi connectivity index (χ0) is 20.2. The summed E-state index contributed by atoms with van der Waals surface area (Å²) in [5.41, 5.74) is 2.59. The molecule has 6 heteroatoms. The predicted octanol–water partition coefficient (Wildman–Crippen LogP) is 5.93. The Morgan fingerprint density at radius 2 is 1.93 bits per heavy atom. The number of anilines is 1. The van der Waals surface area contributed by atoms with Crippen LogP contribution in [0, 0.1) is 6.92 Å². The molecule has 1 aliphatic rings. The maximum atomic E-state index is 13.2. The van der Waals surface area contributed by atoms with Gasteiger partial charge in [0.15, 0.2) is 0 Å². The smallest absolute Gasteiger partial charge is 0.259 e. The molecule has 29 heavy (non-hydrogen) atoms. The summed E-state index contributed by atoms with van der Waals surface area (Å²) in [6.45, 7) is 1.90. The highest BCUT2D eigenvalue weighted by Crippen LogP contribution is 2.39. The van der Waals surface area contributed by atoms with Crippen LogP contribution in [0.1, 0.15) is 51.6 Å². The summed E-state index contributed by atoms with van der Waals surface area (Å²) >= 11 is 1.63. The molecule has 0 aliphatic heterocycles. The van der Waals surface area contributed by atoms with Gasteiger partial charge in [-0.2, -0.15) is 0 Å². The Morgan fingerprint density at radius 1 is 1.14 bits per heavy atom. The lowest BCUT2D eigenvalue weighted by molar-refractivity contribution is 0.102. The van der Waals surface area contributed by atoms with E-state index in [0.29, 0.717) is 11.3 Å². The molecule has 2 heterocycles. The first-order valence-corrected chi connectivity index (χ1v) is 10.7. The van der Waals surface area contributed by atoms with Crippen LogP contribution in [0.4, 0.5) is 10.7 Å². The number of benzene rings is 1. The fourth-order valence-electron chi connectivity index (χ4n) is 3.57. The molecule has 3 aromatic rings. The SMILES string of the molecule is COc1ccc(NC(=O)c2c(/N=C/c3ccc(C)o3)sc3c2CCCCC3)cc1. The molecule has 0 atom stereocenters. The molecule has 1 aliphatic carbocycles. The van der Waals surface area contributed by atoms with E-state index in [2.05, 4.69) is 10.3 Å². The van der Waals surface area contributed by atoms with Crippen molar-refractivity contribution in [3.8, 4) is 5.75 Å². The molecular weight excluding hydrogens is 384 g/mol. The number of carbonyl (C=O) groups is 1. The van der Waals surface area contributed by atoms with Gasteiger partial charge in [-0.1, -0.05) is 6.42 Å². The molecule has 2 aromatic heterocycles. The molecule has 5 nitrogen and oxygen atoms in total. The Morgan fingerprint density at radius 3 is 2.66 bits per heavy atom. The average molecular weight is 409 g/mol. The van der Waals surface area contributed by atoms with Gasteiger partial charge in [-0.05, 0) is 74.6 Å². The van der Waals surface area contributed by atoms with Gasteiger partial charge in [-0.3, -0.25) is 4.79 Å². The number of fused-ring (bicyclic) bond motifs is 1. The fraction of sp³-hybridized carbons (Fsp3) is 0.304. The molecule has 1 aromatic carbocycles. The molecule has 0 unspecified atom stereocenters. The minimum atomic E-state index is -0.114. The summed E-state index contributed by atoms with van der Waals surface area (Å²) < 4.78 is 10.8. The number of carbonyl (C=O) groups excluding carboxylic acids is 1. The van der Waals surface area contributed by atoms with Crippen molar-refractivity contribution in [2.75, 3.05) is 12.4 Å². The molecule has 0 radical (unpaired) electrons. The number of rotatable bonds is 5. The number of nitrogens with one attached hydrogen (secondary N) is 1. The molecule has 4 rings (SSSR count). The van der Waals surface area contributed by atoms with Crippen molar-refractivity contribution in [3.05, 3.63) is 63.9 Å². The molecule has 150 valence electrons. The van der Waals surface area contributed by atoms with Gasteiger partial charge >= 0.3 is 0 Å². The van der Waals surface area contributed by atoms with E-state index < -0.39 is 0 Å². The number of methoxy groups -OCH3 is 1. The van der Waals surface area contributed by atoms with Crippen LogP contribution < -0.4 is 10.1 Å². The second-order valence-electron chi connectivity index (χ2n) is 7.13. The molecule has 0 saturated heterocycles. The lowest BCUT2D eigenvalue weighted by Crippen LogP contribution is -2.13. The molecule has 0 bridgehead atoms. The highest BCUT2D eigenvalue weighted by Gasteiger charge is 2.24. The van der Waals surface area contributed by atoms with Crippen molar-refractivity contribution in [2.45, 2.75) is 39.0 Å². The van der Waals surface area contributed by atoms with E-state index >= 15 is 0 Å². The molecule has 1 amide bonds. The van der Waals surface area contributed by atoms with E-state index in [4.69, 9.17) is 9.15 Å². The van der Waals surface area contributed by atoms with Gasteiger partial charge < -0.3 is 14.5 Å². The second kappa shape index (κ2) is 8.66. The van der Waals surface area contributed by atoms with Gasteiger partial charge in [-0.15, -0.1) is 11.3 Å². The summed E-state index contributed by atoms with van der Waals surface area (Å²) in [4.78, 5) is 19.1. The maximum Gasteiger partial charge on any atom is 0.259 e. The largest absolute Gasteiger partial charge is 0.497 e. The van der Waals surface area contributed by atoms with Gasteiger partial charge in [0.05, 0.1) is 18.9 Å². The molecule has 0 saturated carbocycles. The summed E-state index contributed by atoms with van der Waals surface area (Å²) in [7, 11) is 1.62. The fourth-order valence-corrected chi connectivity index (χ4v) is 4.80. The third-order valence-corrected chi connectivity index (χ3v) is 6.25. The summed E-state index contributed by atoms with van der Waals surface area (Å²) in [6, 6.07) is 11.1. The zero-order valence-electron chi connectivity index (χ0n) is 16.7. The average Bonchev–Trinajstić information content (AvgIpc) is 3.22. The Bertz CT molecular complexity index is 1030. The normalized spacial score (nSPS) is 13.9. The van der Waals surface area contributed by atoms with E-state index in [0.717, 1.165) is 53.4 Å². The van der Waals surface area contributed by atoms with E-state index in [1.807, 2.05) is 43.3 Å². The van der Waals surface area contributed by atoms with Crippen LogP contribution >= 0.6 is 11.3 Å². The van der Waals surface area contributed by atoms with Crippen LogP contribution in [0.15, 0.2) is 45.8 Å². The standard InChI is InChI=1S/C23H24N2O3S/c1-15-8-11-18(28-15)14-24-23-21(19-6-4-3-5-7-20(19)29-23)22(26)25-16-9-12-17(27-2)13-10-16/h8-14H,3-7H2,1-2H3,(H,25,26)/b24-14+. The number of thiophene rings is 1.